The molecule has 0 saturated heterocycles. The summed E-state index contributed by atoms with van der Waals surface area (Å²) < 4.78 is 5.81. The average molecular weight is 302 g/mol. The highest BCUT2D eigenvalue weighted by Crippen LogP contribution is 2.36. The number of nitrogens with zero attached hydrogens (tertiary/aromatic N) is 1. The molecule has 1 unspecified atom stereocenters. The summed E-state index contributed by atoms with van der Waals surface area (Å²) in [5, 5.41) is 2.70. The van der Waals surface area contributed by atoms with E-state index in [1.54, 1.807) is 6.08 Å². The Hall–Kier alpha value is -2.30. The number of benzene rings is 1. The fourth-order valence-corrected chi connectivity index (χ4v) is 2.37. The molecular formula is C17H22N2O3. The van der Waals surface area contributed by atoms with E-state index in [2.05, 4.69) is 11.9 Å². The van der Waals surface area contributed by atoms with Crippen molar-refractivity contribution in [2.45, 2.75) is 26.9 Å². The highest BCUT2D eigenvalue weighted by atomic mass is 16.5. The van der Waals surface area contributed by atoms with Crippen LogP contribution < -0.4 is 15.0 Å². The second kappa shape index (κ2) is 6.64. The Kier molecular flexibility index (Phi) is 4.85. The molecule has 0 aliphatic carbocycles. The Balaban J connectivity index is 2.32. The minimum Gasteiger partial charge on any atom is -0.478 e. The topological polar surface area (TPSA) is 58.6 Å². The van der Waals surface area contributed by atoms with Crippen LogP contribution in [0.5, 0.6) is 5.75 Å². The van der Waals surface area contributed by atoms with Gasteiger partial charge in [0.2, 0.25) is 5.91 Å². The van der Waals surface area contributed by atoms with Crippen molar-refractivity contribution in [3.63, 3.8) is 0 Å². The van der Waals surface area contributed by atoms with Gasteiger partial charge in [0.1, 0.15) is 12.3 Å². The summed E-state index contributed by atoms with van der Waals surface area (Å²) in [5.74, 6) is 0.271. The third-order valence-corrected chi connectivity index (χ3v) is 3.52. The number of carbonyl (C=O) groups excluding carboxylic acids is 2. The number of anilines is 1. The van der Waals surface area contributed by atoms with Crippen molar-refractivity contribution >= 4 is 17.5 Å². The monoisotopic (exact) mass is 302 g/mol. The number of fused-ring (bicyclic) bond motifs is 1. The normalized spacial score (nSPS) is 17.0. The zero-order valence-corrected chi connectivity index (χ0v) is 13.3. The van der Waals surface area contributed by atoms with E-state index in [0.717, 1.165) is 5.56 Å². The van der Waals surface area contributed by atoms with E-state index in [9.17, 15) is 9.59 Å². The number of amides is 2. The van der Waals surface area contributed by atoms with Gasteiger partial charge in [-0.05, 0) is 30.5 Å². The van der Waals surface area contributed by atoms with Gasteiger partial charge < -0.3 is 10.1 Å². The smallest absolute Gasteiger partial charge is 0.268 e. The van der Waals surface area contributed by atoms with Gasteiger partial charge in [-0.2, -0.15) is 0 Å². The zero-order chi connectivity index (χ0) is 16.3. The maximum absolute atomic E-state index is 12.7. The maximum atomic E-state index is 12.7. The Morgan fingerprint density at radius 3 is 2.86 bits per heavy atom. The molecule has 0 bridgehead atoms. The van der Waals surface area contributed by atoms with Gasteiger partial charge >= 0.3 is 0 Å². The van der Waals surface area contributed by atoms with Crippen molar-refractivity contribution in [3.05, 3.63) is 36.4 Å². The molecule has 0 saturated carbocycles. The average Bonchev–Trinajstić information content (AvgIpc) is 2.47. The molecule has 0 spiro atoms. The first kappa shape index (κ1) is 16.1. The van der Waals surface area contributed by atoms with Crippen LogP contribution in [0.25, 0.3) is 0 Å². The van der Waals surface area contributed by atoms with Gasteiger partial charge in [0.05, 0.1) is 5.69 Å². The third-order valence-electron chi connectivity index (χ3n) is 3.52. The summed E-state index contributed by atoms with van der Waals surface area (Å²) in [6, 6.07) is 5.65. The van der Waals surface area contributed by atoms with Gasteiger partial charge in [0, 0.05) is 6.54 Å². The minimum absolute atomic E-state index is 0.0181. The van der Waals surface area contributed by atoms with Gasteiger partial charge in [0.25, 0.3) is 5.91 Å². The van der Waals surface area contributed by atoms with E-state index in [1.165, 1.54) is 4.90 Å². The fourth-order valence-electron chi connectivity index (χ4n) is 2.37. The highest BCUT2D eigenvalue weighted by molar-refractivity contribution is 6.04. The minimum atomic E-state index is -0.567. The van der Waals surface area contributed by atoms with Gasteiger partial charge in [0.15, 0.2) is 6.10 Å². The predicted molar refractivity (Wildman–Crippen MR) is 86.0 cm³/mol. The molecule has 2 amide bonds. The molecule has 1 heterocycles. The molecular weight excluding hydrogens is 280 g/mol. The molecule has 2 rings (SSSR count). The summed E-state index contributed by atoms with van der Waals surface area (Å²) >= 11 is 0. The molecule has 22 heavy (non-hydrogen) atoms. The Morgan fingerprint density at radius 1 is 1.50 bits per heavy atom. The summed E-state index contributed by atoms with van der Waals surface area (Å²) in [6.07, 6.45) is 1.04. The van der Waals surface area contributed by atoms with Crippen LogP contribution in [0.3, 0.4) is 0 Å². The number of hydrogen-bond acceptors (Lipinski definition) is 3. The van der Waals surface area contributed by atoms with Crippen molar-refractivity contribution in [3.8, 4) is 5.75 Å². The van der Waals surface area contributed by atoms with Gasteiger partial charge in [-0.3, -0.25) is 14.5 Å². The van der Waals surface area contributed by atoms with Crippen LogP contribution in [0.1, 0.15) is 19.4 Å². The summed E-state index contributed by atoms with van der Waals surface area (Å²) in [4.78, 5) is 26.2. The van der Waals surface area contributed by atoms with Crippen LogP contribution in [0.2, 0.25) is 0 Å². The molecule has 0 radical (unpaired) electrons. The van der Waals surface area contributed by atoms with Crippen LogP contribution in [0.15, 0.2) is 30.9 Å². The molecule has 1 atom stereocenters. The van der Waals surface area contributed by atoms with E-state index < -0.39 is 6.10 Å². The lowest BCUT2D eigenvalue weighted by atomic mass is 10.0. The molecule has 1 N–H and O–H groups in total. The van der Waals surface area contributed by atoms with Crippen LogP contribution in [-0.2, 0) is 9.59 Å². The van der Waals surface area contributed by atoms with Gasteiger partial charge in [-0.15, -0.1) is 6.58 Å². The van der Waals surface area contributed by atoms with E-state index in [1.807, 2.05) is 39.0 Å². The predicted octanol–water partition coefficient (Wildman–Crippen LogP) is 2.05. The van der Waals surface area contributed by atoms with Crippen LogP contribution in [-0.4, -0.2) is 31.0 Å². The molecule has 0 fully saturated rings. The van der Waals surface area contributed by atoms with Crippen molar-refractivity contribution < 1.29 is 14.3 Å². The summed E-state index contributed by atoms with van der Waals surface area (Å²) in [6.45, 7) is 9.72. The molecule has 5 nitrogen and oxygen atoms in total. The van der Waals surface area contributed by atoms with Crippen molar-refractivity contribution in [2.24, 2.45) is 5.92 Å². The molecule has 1 aromatic rings. The number of ether oxygens (including phenoxy) is 1. The SMILES string of the molecule is C=CCNC(=O)CN1C(=O)C(C(C)C)Oc2ccc(C)cc21. The lowest BCUT2D eigenvalue weighted by Gasteiger charge is -2.35. The van der Waals surface area contributed by atoms with Crippen molar-refractivity contribution in [2.75, 3.05) is 18.0 Å². The van der Waals surface area contributed by atoms with E-state index in [0.29, 0.717) is 18.0 Å². The van der Waals surface area contributed by atoms with E-state index in [4.69, 9.17) is 4.74 Å². The zero-order valence-electron chi connectivity index (χ0n) is 13.3. The lowest BCUT2D eigenvalue weighted by Crippen LogP contribution is -2.51. The quantitative estimate of drug-likeness (QED) is 0.847. The van der Waals surface area contributed by atoms with Crippen LogP contribution >= 0.6 is 0 Å². The summed E-state index contributed by atoms with van der Waals surface area (Å²) in [7, 11) is 0. The molecule has 1 aliphatic heterocycles. The Morgan fingerprint density at radius 2 is 2.23 bits per heavy atom. The van der Waals surface area contributed by atoms with Gasteiger partial charge in [-0.1, -0.05) is 26.0 Å². The molecule has 118 valence electrons. The van der Waals surface area contributed by atoms with Gasteiger partial charge in [-0.25, -0.2) is 0 Å². The maximum Gasteiger partial charge on any atom is 0.268 e. The van der Waals surface area contributed by atoms with Crippen molar-refractivity contribution in [1.82, 2.24) is 5.32 Å². The second-order valence-electron chi connectivity index (χ2n) is 5.77. The third kappa shape index (κ3) is 3.30. The molecule has 1 aromatic carbocycles. The van der Waals surface area contributed by atoms with E-state index in [-0.39, 0.29) is 24.3 Å². The first-order valence-corrected chi connectivity index (χ1v) is 7.40. The standard InChI is InChI=1S/C17H22N2O3/c1-5-8-18-15(20)10-19-13-9-12(4)6-7-14(13)22-16(11(2)3)17(19)21/h5-7,9,11,16H,1,8,10H2,2-4H3,(H,18,20). The van der Waals surface area contributed by atoms with E-state index >= 15 is 0 Å². The number of aryl methyl sites for hydroxylation is 1. The number of nitrogens with one attached hydrogen (secondary N) is 1. The molecule has 0 aromatic heterocycles. The Bertz CT molecular complexity index is 596. The fraction of sp³-hybridized carbons (Fsp3) is 0.412. The second-order valence-corrected chi connectivity index (χ2v) is 5.77. The molecule has 1 aliphatic rings. The van der Waals surface area contributed by atoms with Crippen LogP contribution in [0, 0.1) is 12.8 Å². The molecule has 5 heteroatoms. The first-order valence-electron chi connectivity index (χ1n) is 7.40. The highest BCUT2D eigenvalue weighted by Gasteiger charge is 2.37. The van der Waals surface area contributed by atoms with Crippen LogP contribution in [0.4, 0.5) is 5.69 Å². The number of rotatable bonds is 5. The largest absolute Gasteiger partial charge is 0.478 e. The number of hydrogen-bond donors (Lipinski definition) is 1. The van der Waals surface area contributed by atoms with Crippen molar-refractivity contribution in [1.29, 1.82) is 0 Å². The summed E-state index contributed by atoms with van der Waals surface area (Å²) in [5.41, 5.74) is 1.66. The first-order chi connectivity index (χ1) is 10.4. The Labute approximate surface area is 130 Å². The number of carbonyl (C=O) groups is 2. The lowest BCUT2D eigenvalue weighted by molar-refractivity contribution is -0.130.